The van der Waals surface area contributed by atoms with Crippen LogP contribution in [0.15, 0.2) is 53.4 Å². The van der Waals surface area contributed by atoms with E-state index in [9.17, 15) is 0 Å². The molecule has 0 aliphatic rings. The van der Waals surface area contributed by atoms with E-state index in [1.807, 2.05) is 42.5 Å². The molecule has 0 saturated heterocycles. The van der Waals surface area contributed by atoms with Crippen LogP contribution in [-0.2, 0) is 6.42 Å². The molecule has 0 spiro atoms. The summed E-state index contributed by atoms with van der Waals surface area (Å²) in [5.41, 5.74) is 7.69. The van der Waals surface area contributed by atoms with E-state index in [2.05, 4.69) is 12.3 Å². The van der Waals surface area contributed by atoms with Gasteiger partial charge in [0.1, 0.15) is 5.75 Å². The van der Waals surface area contributed by atoms with Crippen molar-refractivity contribution < 1.29 is 4.74 Å². The van der Waals surface area contributed by atoms with Gasteiger partial charge in [-0.2, -0.15) is 0 Å². The second kappa shape index (κ2) is 6.36. The molecule has 0 fully saturated rings. The molecule has 2 rings (SSSR count). The van der Waals surface area contributed by atoms with Gasteiger partial charge in [0.2, 0.25) is 0 Å². The van der Waals surface area contributed by atoms with Crippen molar-refractivity contribution in [3.63, 3.8) is 0 Å². The Kier molecular flexibility index (Phi) is 4.53. The van der Waals surface area contributed by atoms with Gasteiger partial charge in [0.25, 0.3) is 0 Å². The summed E-state index contributed by atoms with van der Waals surface area (Å²) >= 11 is 1.70. The average molecular weight is 259 g/mol. The van der Waals surface area contributed by atoms with Crippen molar-refractivity contribution in [2.75, 3.05) is 18.6 Å². The van der Waals surface area contributed by atoms with Crippen LogP contribution in [0.25, 0.3) is 0 Å². The molecule has 0 aliphatic carbocycles. The maximum absolute atomic E-state index is 5.81. The third-order valence-electron chi connectivity index (χ3n) is 2.70. The first-order valence-corrected chi connectivity index (χ1v) is 7.12. The molecule has 2 aromatic rings. The Balaban J connectivity index is 1.90. The van der Waals surface area contributed by atoms with Gasteiger partial charge in [0.05, 0.1) is 6.61 Å². The average Bonchev–Trinajstić information content (AvgIpc) is 2.41. The van der Waals surface area contributed by atoms with Crippen LogP contribution in [0.4, 0.5) is 5.69 Å². The van der Waals surface area contributed by atoms with Crippen LogP contribution in [-0.4, -0.2) is 12.9 Å². The Hall–Kier alpha value is -1.61. The molecular formula is C15H17NOS. The van der Waals surface area contributed by atoms with Gasteiger partial charge in [0.15, 0.2) is 0 Å². The SMILES string of the molecule is CSc1ccccc1OCCc1ccc(N)cc1. The van der Waals surface area contributed by atoms with E-state index in [-0.39, 0.29) is 0 Å². The molecule has 0 heterocycles. The Labute approximate surface area is 112 Å². The molecule has 2 aromatic carbocycles. The number of anilines is 1. The molecule has 3 heteroatoms. The lowest BCUT2D eigenvalue weighted by Crippen LogP contribution is -2.02. The van der Waals surface area contributed by atoms with Gasteiger partial charge in [-0.15, -0.1) is 11.8 Å². The predicted octanol–water partition coefficient (Wildman–Crippen LogP) is 3.61. The smallest absolute Gasteiger partial charge is 0.132 e. The van der Waals surface area contributed by atoms with Gasteiger partial charge in [-0.05, 0) is 36.1 Å². The predicted molar refractivity (Wildman–Crippen MR) is 78.3 cm³/mol. The Morgan fingerprint density at radius 3 is 2.50 bits per heavy atom. The van der Waals surface area contributed by atoms with Crippen molar-refractivity contribution in [2.45, 2.75) is 11.3 Å². The second-order valence-corrected chi connectivity index (χ2v) is 4.84. The number of nitrogen functional groups attached to an aromatic ring is 1. The van der Waals surface area contributed by atoms with Crippen LogP contribution in [0, 0.1) is 0 Å². The summed E-state index contributed by atoms with van der Waals surface area (Å²) in [4.78, 5) is 1.18. The van der Waals surface area contributed by atoms with Crippen molar-refractivity contribution >= 4 is 17.4 Å². The molecule has 0 bridgehead atoms. The van der Waals surface area contributed by atoms with Crippen LogP contribution in [0.2, 0.25) is 0 Å². The Morgan fingerprint density at radius 1 is 1.06 bits per heavy atom. The van der Waals surface area contributed by atoms with Crippen LogP contribution in [0.5, 0.6) is 5.75 Å². The second-order valence-electron chi connectivity index (χ2n) is 3.99. The van der Waals surface area contributed by atoms with Gasteiger partial charge in [-0.3, -0.25) is 0 Å². The monoisotopic (exact) mass is 259 g/mol. The number of benzene rings is 2. The molecule has 2 N–H and O–H groups in total. The van der Waals surface area contributed by atoms with Crippen molar-refractivity contribution in [3.05, 3.63) is 54.1 Å². The summed E-state index contributed by atoms with van der Waals surface area (Å²) in [6.45, 7) is 0.682. The Bertz CT molecular complexity index is 496. The highest BCUT2D eigenvalue weighted by molar-refractivity contribution is 7.98. The van der Waals surface area contributed by atoms with Crippen molar-refractivity contribution in [2.24, 2.45) is 0 Å². The quantitative estimate of drug-likeness (QED) is 0.658. The molecule has 0 atom stereocenters. The van der Waals surface area contributed by atoms with Crippen LogP contribution in [0.3, 0.4) is 0 Å². The van der Waals surface area contributed by atoms with Crippen LogP contribution >= 0.6 is 11.8 Å². The molecular weight excluding hydrogens is 242 g/mol. The minimum Gasteiger partial charge on any atom is -0.492 e. The van der Waals surface area contributed by atoms with Gasteiger partial charge < -0.3 is 10.5 Å². The number of para-hydroxylation sites is 1. The third-order valence-corrected chi connectivity index (χ3v) is 3.47. The van der Waals surface area contributed by atoms with Crippen molar-refractivity contribution in [1.82, 2.24) is 0 Å². The first-order chi connectivity index (χ1) is 8.79. The largest absolute Gasteiger partial charge is 0.492 e. The zero-order valence-corrected chi connectivity index (χ0v) is 11.2. The first-order valence-electron chi connectivity index (χ1n) is 5.90. The standard InChI is InChI=1S/C15H17NOS/c1-18-15-5-3-2-4-14(15)17-11-10-12-6-8-13(16)9-7-12/h2-9H,10-11,16H2,1H3. The topological polar surface area (TPSA) is 35.2 Å². The molecule has 0 aromatic heterocycles. The van der Waals surface area contributed by atoms with Crippen molar-refractivity contribution in [1.29, 1.82) is 0 Å². The number of rotatable bonds is 5. The van der Waals surface area contributed by atoms with E-state index in [1.165, 1.54) is 10.5 Å². The molecule has 18 heavy (non-hydrogen) atoms. The fourth-order valence-electron chi connectivity index (χ4n) is 1.70. The normalized spacial score (nSPS) is 10.3. The summed E-state index contributed by atoms with van der Waals surface area (Å²) in [5.74, 6) is 0.959. The summed E-state index contributed by atoms with van der Waals surface area (Å²) in [7, 11) is 0. The third kappa shape index (κ3) is 3.44. The highest BCUT2D eigenvalue weighted by Crippen LogP contribution is 2.26. The molecule has 0 amide bonds. The summed E-state index contributed by atoms with van der Waals surface area (Å²) in [6, 6.07) is 16.0. The van der Waals surface area contributed by atoms with E-state index >= 15 is 0 Å². The van der Waals surface area contributed by atoms with Gasteiger partial charge >= 0.3 is 0 Å². The molecule has 2 nitrogen and oxygen atoms in total. The maximum atomic E-state index is 5.81. The van der Waals surface area contributed by atoms with E-state index in [4.69, 9.17) is 10.5 Å². The minimum absolute atomic E-state index is 0.682. The van der Waals surface area contributed by atoms with Crippen molar-refractivity contribution in [3.8, 4) is 5.75 Å². The molecule has 0 radical (unpaired) electrons. The highest BCUT2D eigenvalue weighted by atomic mass is 32.2. The number of hydrogen-bond acceptors (Lipinski definition) is 3. The summed E-state index contributed by atoms with van der Waals surface area (Å²) < 4.78 is 5.81. The molecule has 0 saturated carbocycles. The van der Waals surface area contributed by atoms with Gasteiger partial charge in [0, 0.05) is 17.0 Å². The fourth-order valence-corrected chi connectivity index (χ4v) is 2.24. The maximum Gasteiger partial charge on any atom is 0.132 e. The minimum atomic E-state index is 0.682. The molecule has 0 aliphatic heterocycles. The first kappa shape index (κ1) is 12.8. The van der Waals surface area contributed by atoms with E-state index in [0.29, 0.717) is 6.61 Å². The molecule has 94 valence electrons. The van der Waals surface area contributed by atoms with E-state index in [0.717, 1.165) is 17.9 Å². The summed E-state index contributed by atoms with van der Waals surface area (Å²) in [5, 5.41) is 0. The molecule has 0 unspecified atom stereocenters. The number of hydrogen-bond donors (Lipinski definition) is 1. The number of thioether (sulfide) groups is 1. The lowest BCUT2D eigenvalue weighted by atomic mass is 10.1. The fraction of sp³-hybridized carbons (Fsp3) is 0.200. The van der Waals surface area contributed by atoms with Gasteiger partial charge in [-0.25, -0.2) is 0 Å². The lowest BCUT2D eigenvalue weighted by molar-refractivity contribution is 0.314. The van der Waals surface area contributed by atoms with Crippen LogP contribution in [0.1, 0.15) is 5.56 Å². The van der Waals surface area contributed by atoms with Gasteiger partial charge in [-0.1, -0.05) is 24.3 Å². The number of ether oxygens (including phenoxy) is 1. The lowest BCUT2D eigenvalue weighted by Gasteiger charge is -2.09. The Morgan fingerprint density at radius 2 is 1.78 bits per heavy atom. The zero-order valence-electron chi connectivity index (χ0n) is 10.4. The van der Waals surface area contributed by atoms with E-state index < -0.39 is 0 Å². The zero-order chi connectivity index (χ0) is 12.8. The van der Waals surface area contributed by atoms with Crippen LogP contribution < -0.4 is 10.5 Å². The number of nitrogens with two attached hydrogens (primary N) is 1. The van der Waals surface area contributed by atoms with E-state index in [1.54, 1.807) is 11.8 Å². The summed E-state index contributed by atoms with van der Waals surface area (Å²) in [6.07, 6.45) is 2.95. The highest BCUT2D eigenvalue weighted by Gasteiger charge is 2.01.